The van der Waals surface area contributed by atoms with Gasteiger partial charge in [-0.3, -0.25) is 0 Å². The van der Waals surface area contributed by atoms with Crippen LogP contribution in [0.1, 0.15) is 36.9 Å². The average Bonchev–Trinajstić information content (AvgIpc) is 2.50. The second-order valence-corrected chi connectivity index (χ2v) is 5.21. The van der Waals surface area contributed by atoms with Gasteiger partial charge in [0.25, 0.3) is 0 Å². The number of para-hydroxylation sites is 1. The summed E-state index contributed by atoms with van der Waals surface area (Å²) in [6.07, 6.45) is 0. The standard InChI is InChI=1S/C17H19NO3/c1-12(2)13-7-9-14(10-8-13)21-11-16(18-20)15-5-3-4-6-17(15)19/h3-10,12,16,19H,11H2,1-2H3. The second-order valence-electron chi connectivity index (χ2n) is 5.21. The molecule has 0 amide bonds. The van der Waals surface area contributed by atoms with Crippen molar-refractivity contribution in [3.05, 3.63) is 64.6 Å². The van der Waals surface area contributed by atoms with Gasteiger partial charge in [0.2, 0.25) is 0 Å². The van der Waals surface area contributed by atoms with Crippen LogP contribution in [0.15, 0.2) is 53.7 Å². The third-order valence-corrected chi connectivity index (χ3v) is 3.38. The summed E-state index contributed by atoms with van der Waals surface area (Å²) in [5.41, 5.74) is 1.71. The summed E-state index contributed by atoms with van der Waals surface area (Å²) in [4.78, 5) is 11.0. The maximum Gasteiger partial charge on any atom is 0.154 e. The normalized spacial score (nSPS) is 12.1. The molecular formula is C17H19NO3. The zero-order chi connectivity index (χ0) is 15.2. The molecule has 110 valence electrons. The van der Waals surface area contributed by atoms with E-state index in [1.165, 1.54) is 11.6 Å². The highest BCUT2D eigenvalue weighted by Crippen LogP contribution is 2.27. The Labute approximate surface area is 124 Å². The fraction of sp³-hybridized carbons (Fsp3) is 0.294. The Morgan fingerprint density at radius 2 is 1.76 bits per heavy atom. The van der Waals surface area contributed by atoms with Crippen LogP contribution in [0.2, 0.25) is 0 Å². The molecule has 0 fully saturated rings. The van der Waals surface area contributed by atoms with E-state index in [4.69, 9.17) is 4.74 Å². The minimum atomic E-state index is -0.726. The summed E-state index contributed by atoms with van der Waals surface area (Å²) in [5.74, 6) is 1.20. The maximum atomic E-state index is 11.0. The minimum absolute atomic E-state index is 0.0563. The number of phenolic OH excluding ortho intramolecular Hbond substituents is 1. The lowest BCUT2D eigenvalue weighted by atomic mass is 10.0. The van der Waals surface area contributed by atoms with Crippen LogP contribution in [0, 0.1) is 4.91 Å². The number of hydrogen-bond donors (Lipinski definition) is 1. The van der Waals surface area contributed by atoms with Gasteiger partial charge in [-0.1, -0.05) is 49.4 Å². The third kappa shape index (κ3) is 3.81. The van der Waals surface area contributed by atoms with Crippen LogP contribution in [0.4, 0.5) is 0 Å². The number of aromatic hydroxyl groups is 1. The van der Waals surface area contributed by atoms with Crippen LogP contribution in [0.5, 0.6) is 11.5 Å². The maximum absolute atomic E-state index is 11.0. The molecule has 0 saturated heterocycles. The average molecular weight is 285 g/mol. The Kier molecular flexibility index (Phi) is 4.93. The summed E-state index contributed by atoms with van der Waals surface area (Å²) >= 11 is 0. The van der Waals surface area contributed by atoms with E-state index in [0.717, 1.165) is 0 Å². The number of hydrogen-bond acceptors (Lipinski definition) is 4. The van der Waals surface area contributed by atoms with Crippen LogP contribution in [0.25, 0.3) is 0 Å². The van der Waals surface area contributed by atoms with E-state index in [0.29, 0.717) is 17.2 Å². The molecule has 1 N–H and O–H groups in total. The molecule has 0 radical (unpaired) electrons. The lowest BCUT2D eigenvalue weighted by Gasteiger charge is -2.13. The van der Waals surface area contributed by atoms with Gasteiger partial charge >= 0.3 is 0 Å². The number of nitroso groups, excluding NO2 is 1. The van der Waals surface area contributed by atoms with Gasteiger partial charge in [0.15, 0.2) is 6.04 Å². The first-order valence-electron chi connectivity index (χ1n) is 6.95. The van der Waals surface area contributed by atoms with E-state index in [9.17, 15) is 10.0 Å². The van der Waals surface area contributed by atoms with Gasteiger partial charge < -0.3 is 9.84 Å². The molecule has 21 heavy (non-hydrogen) atoms. The first-order chi connectivity index (χ1) is 10.1. The summed E-state index contributed by atoms with van der Waals surface area (Å²) in [6.45, 7) is 4.35. The first-order valence-corrected chi connectivity index (χ1v) is 6.95. The van der Waals surface area contributed by atoms with Crippen LogP contribution in [-0.4, -0.2) is 11.7 Å². The molecule has 0 aromatic heterocycles. The smallest absolute Gasteiger partial charge is 0.154 e. The summed E-state index contributed by atoms with van der Waals surface area (Å²) < 4.78 is 5.60. The predicted octanol–water partition coefficient (Wildman–Crippen LogP) is 4.40. The number of benzene rings is 2. The lowest BCUT2D eigenvalue weighted by molar-refractivity contribution is 0.287. The van der Waals surface area contributed by atoms with Gasteiger partial charge in [0.05, 0.1) is 0 Å². The van der Waals surface area contributed by atoms with Gasteiger partial charge in [-0.05, 0) is 29.7 Å². The lowest BCUT2D eigenvalue weighted by Crippen LogP contribution is -2.08. The van der Waals surface area contributed by atoms with Gasteiger partial charge in [-0.2, -0.15) is 4.91 Å². The molecule has 0 heterocycles. The summed E-state index contributed by atoms with van der Waals surface area (Å²) in [5, 5.41) is 12.8. The number of ether oxygens (including phenoxy) is 1. The number of nitrogens with zero attached hydrogens (tertiary/aromatic N) is 1. The highest BCUT2D eigenvalue weighted by atomic mass is 16.5. The van der Waals surface area contributed by atoms with E-state index in [2.05, 4.69) is 19.0 Å². The predicted molar refractivity (Wildman–Crippen MR) is 82.7 cm³/mol. The molecule has 0 saturated carbocycles. The fourth-order valence-corrected chi connectivity index (χ4v) is 2.07. The summed E-state index contributed by atoms with van der Waals surface area (Å²) in [7, 11) is 0. The van der Waals surface area contributed by atoms with E-state index >= 15 is 0 Å². The Balaban J connectivity index is 2.03. The van der Waals surface area contributed by atoms with Crippen LogP contribution < -0.4 is 4.74 Å². The second kappa shape index (κ2) is 6.88. The molecule has 2 rings (SSSR count). The topological polar surface area (TPSA) is 58.9 Å². The van der Waals surface area contributed by atoms with E-state index < -0.39 is 6.04 Å². The Morgan fingerprint density at radius 1 is 1.10 bits per heavy atom. The molecular weight excluding hydrogens is 266 g/mol. The SMILES string of the molecule is CC(C)c1ccc(OCC(N=O)c2ccccc2O)cc1. The number of phenols is 1. The van der Waals surface area contributed by atoms with Crippen LogP contribution in [0.3, 0.4) is 0 Å². The monoisotopic (exact) mass is 285 g/mol. The third-order valence-electron chi connectivity index (χ3n) is 3.38. The van der Waals surface area contributed by atoms with Crippen molar-refractivity contribution in [3.63, 3.8) is 0 Å². The molecule has 0 spiro atoms. The quantitative estimate of drug-likeness (QED) is 0.800. The van der Waals surface area contributed by atoms with E-state index in [1.54, 1.807) is 18.2 Å². The van der Waals surface area contributed by atoms with Crippen molar-refractivity contribution < 1.29 is 9.84 Å². The van der Waals surface area contributed by atoms with Crippen molar-refractivity contribution in [3.8, 4) is 11.5 Å². The van der Waals surface area contributed by atoms with Gasteiger partial charge in [0.1, 0.15) is 18.1 Å². The molecule has 0 aliphatic rings. The van der Waals surface area contributed by atoms with Gasteiger partial charge in [-0.15, -0.1) is 0 Å². The zero-order valence-corrected chi connectivity index (χ0v) is 12.2. The molecule has 0 bridgehead atoms. The van der Waals surface area contributed by atoms with Crippen LogP contribution >= 0.6 is 0 Å². The molecule has 1 atom stereocenters. The molecule has 1 unspecified atom stereocenters. The molecule has 4 heteroatoms. The molecule has 4 nitrogen and oxygen atoms in total. The van der Waals surface area contributed by atoms with Crippen molar-refractivity contribution in [2.75, 3.05) is 6.61 Å². The Hall–Kier alpha value is -2.36. The summed E-state index contributed by atoms with van der Waals surface area (Å²) in [6, 6.07) is 13.7. The fourth-order valence-electron chi connectivity index (χ4n) is 2.07. The Bertz CT molecular complexity index is 593. The zero-order valence-electron chi connectivity index (χ0n) is 12.2. The van der Waals surface area contributed by atoms with Crippen LogP contribution in [-0.2, 0) is 0 Å². The molecule has 0 aliphatic heterocycles. The highest BCUT2D eigenvalue weighted by Gasteiger charge is 2.16. The number of rotatable bonds is 6. The minimum Gasteiger partial charge on any atom is -0.508 e. The van der Waals surface area contributed by atoms with Crippen molar-refractivity contribution in [2.45, 2.75) is 25.8 Å². The highest BCUT2D eigenvalue weighted by molar-refractivity contribution is 5.35. The van der Waals surface area contributed by atoms with Crippen molar-refractivity contribution >= 4 is 0 Å². The molecule has 2 aromatic rings. The molecule has 2 aromatic carbocycles. The first kappa shape index (κ1) is 15.0. The Morgan fingerprint density at radius 3 is 2.33 bits per heavy atom. The van der Waals surface area contributed by atoms with Crippen molar-refractivity contribution in [1.29, 1.82) is 0 Å². The van der Waals surface area contributed by atoms with E-state index in [1.807, 2.05) is 24.3 Å². The van der Waals surface area contributed by atoms with E-state index in [-0.39, 0.29) is 12.4 Å². The molecule has 0 aliphatic carbocycles. The van der Waals surface area contributed by atoms with Crippen molar-refractivity contribution in [1.82, 2.24) is 0 Å². The van der Waals surface area contributed by atoms with Gasteiger partial charge in [0, 0.05) is 5.56 Å². The largest absolute Gasteiger partial charge is 0.508 e. The van der Waals surface area contributed by atoms with Crippen molar-refractivity contribution in [2.24, 2.45) is 5.18 Å². The van der Waals surface area contributed by atoms with Gasteiger partial charge in [-0.25, -0.2) is 0 Å².